The molecular formula is C18H14N4O5. The molecule has 0 aliphatic rings. The number of esters is 1. The van der Waals surface area contributed by atoms with E-state index in [1.807, 2.05) is 0 Å². The quantitative estimate of drug-likeness (QED) is 0.418. The number of nitro groups is 1. The van der Waals surface area contributed by atoms with Gasteiger partial charge in [-0.25, -0.2) is 4.79 Å². The molecule has 0 atom stereocenters. The van der Waals surface area contributed by atoms with Gasteiger partial charge in [-0.2, -0.15) is 0 Å². The van der Waals surface area contributed by atoms with E-state index in [1.54, 1.807) is 19.1 Å². The third-order valence-corrected chi connectivity index (χ3v) is 3.75. The lowest BCUT2D eigenvalue weighted by Crippen LogP contribution is -2.22. The molecule has 0 aliphatic carbocycles. The number of nitro benzene ring substituents is 1. The fourth-order valence-electron chi connectivity index (χ4n) is 2.45. The number of fused-ring (bicyclic) bond motifs is 1. The number of amides is 1. The van der Waals surface area contributed by atoms with E-state index in [9.17, 15) is 19.7 Å². The van der Waals surface area contributed by atoms with Gasteiger partial charge >= 0.3 is 5.97 Å². The van der Waals surface area contributed by atoms with Gasteiger partial charge in [0.15, 0.2) is 6.61 Å². The smallest absolute Gasteiger partial charge is 0.338 e. The van der Waals surface area contributed by atoms with Crippen LogP contribution in [0.1, 0.15) is 15.9 Å². The summed E-state index contributed by atoms with van der Waals surface area (Å²) in [6.07, 6.45) is 3.04. The molecule has 3 aromatic rings. The number of nitrogens with one attached hydrogen (secondary N) is 1. The fourth-order valence-corrected chi connectivity index (χ4v) is 2.45. The lowest BCUT2D eigenvalue weighted by atomic mass is 10.1. The molecule has 27 heavy (non-hydrogen) atoms. The highest BCUT2D eigenvalue weighted by Crippen LogP contribution is 2.27. The van der Waals surface area contributed by atoms with Crippen molar-refractivity contribution in [2.75, 3.05) is 11.9 Å². The van der Waals surface area contributed by atoms with Gasteiger partial charge in [0.25, 0.3) is 11.6 Å². The zero-order valence-electron chi connectivity index (χ0n) is 14.2. The van der Waals surface area contributed by atoms with E-state index >= 15 is 0 Å². The van der Waals surface area contributed by atoms with Crippen molar-refractivity contribution >= 4 is 34.3 Å². The third kappa shape index (κ3) is 4.03. The molecule has 0 unspecified atom stereocenters. The SMILES string of the molecule is Cc1cccc([N+](=O)[O-])c1NC(=O)COC(=O)c1ccc2nccnc2c1. The Bertz CT molecular complexity index is 1050. The van der Waals surface area contributed by atoms with Crippen LogP contribution in [-0.2, 0) is 9.53 Å². The zero-order chi connectivity index (χ0) is 19.4. The molecule has 1 N–H and O–H groups in total. The van der Waals surface area contributed by atoms with Crippen LogP contribution in [0, 0.1) is 17.0 Å². The minimum atomic E-state index is -0.711. The maximum absolute atomic E-state index is 12.1. The summed E-state index contributed by atoms with van der Waals surface area (Å²) in [5, 5.41) is 13.5. The number of benzene rings is 2. The molecule has 3 rings (SSSR count). The van der Waals surface area contributed by atoms with Gasteiger partial charge < -0.3 is 10.1 Å². The van der Waals surface area contributed by atoms with Crippen molar-refractivity contribution in [2.45, 2.75) is 6.92 Å². The van der Waals surface area contributed by atoms with E-state index in [2.05, 4.69) is 15.3 Å². The Morgan fingerprint density at radius 1 is 1.15 bits per heavy atom. The summed E-state index contributed by atoms with van der Waals surface area (Å²) in [7, 11) is 0. The predicted octanol–water partition coefficient (Wildman–Crippen LogP) is 2.64. The lowest BCUT2D eigenvalue weighted by molar-refractivity contribution is -0.384. The Morgan fingerprint density at radius 3 is 2.63 bits per heavy atom. The first kappa shape index (κ1) is 17.9. The Hall–Kier alpha value is -3.88. The van der Waals surface area contributed by atoms with Crippen molar-refractivity contribution < 1.29 is 19.2 Å². The van der Waals surface area contributed by atoms with E-state index in [0.29, 0.717) is 16.6 Å². The number of aryl methyl sites for hydroxylation is 1. The maximum Gasteiger partial charge on any atom is 0.338 e. The van der Waals surface area contributed by atoms with Crippen LogP contribution >= 0.6 is 0 Å². The van der Waals surface area contributed by atoms with E-state index in [1.165, 1.54) is 36.7 Å². The van der Waals surface area contributed by atoms with Gasteiger partial charge in [0.1, 0.15) is 5.69 Å². The molecule has 9 nitrogen and oxygen atoms in total. The maximum atomic E-state index is 12.1. The summed E-state index contributed by atoms with van der Waals surface area (Å²) in [6.45, 7) is 1.05. The molecule has 0 saturated carbocycles. The van der Waals surface area contributed by atoms with E-state index < -0.39 is 23.4 Å². The average molecular weight is 366 g/mol. The van der Waals surface area contributed by atoms with Gasteiger partial charge in [0, 0.05) is 18.5 Å². The number of hydrogen-bond donors (Lipinski definition) is 1. The largest absolute Gasteiger partial charge is 0.452 e. The second-order valence-electron chi connectivity index (χ2n) is 5.61. The number of aromatic nitrogens is 2. The van der Waals surface area contributed by atoms with Crippen molar-refractivity contribution in [1.29, 1.82) is 0 Å². The van der Waals surface area contributed by atoms with Crippen molar-refractivity contribution in [3.05, 3.63) is 70.0 Å². The van der Waals surface area contributed by atoms with E-state index in [4.69, 9.17) is 4.74 Å². The molecule has 0 radical (unpaired) electrons. The Kier molecular flexibility index (Phi) is 5.02. The van der Waals surface area contributed by atoms with E-state index in [0.717, 1.165) is 0 Å². The van der Waals surface area contributed by atoms with E-state index in [-0.39, 0.29) is 16.9 Å². The van der Waals surface area contributed by atoms with Crippen LogP contribution in [0.15, 0.2) is 48.8 Å². The second-order valence-corrected chi connectivity index (χ2v) is 5.61. The lowest BCUT2D eigenvalue weighted by Gasteiger charge is -2.09. The van der Waals surface area contributed by atoms with Crippen LogP contribution in [0.2, 0.25) is 0 Å². The number of carbonyl (C=O) groups is 2. The van der Waals surface area contributed by atoms with Crippen LogP contribution < -0.4 is 5.32 Å². The Labute approximate surface area is 153 Å². The number of anilines is 1. The number of carbonyl (C=O) groups excluding carboxylic acids is 2. The van der Waals surface area contributed by atoms with Crippen LogP contribution in [0.5, 0.6) is 0 Å². The first-order valence-corrected chi connectivity index (χ1v) is 7.87. The molecular weight excluding hydrogens is 352 g/mol. The molecule has 0 fully saturated rings. The topological polar surface area (TPSA) is 124 Å². The summed E-state index contributed by atoms with van der Waals surface area (Å²) in [5.41, 5.74) is 1.73. The average Bonchev–Trinajstić information content (AvgIpc) is 2.67. The molecule has 136 valence electrons. The van der Waals surface area contributed by atoms with Gasteiger partial charge in [0.2, 0.25) is 0 Å². The first-order chi connectivity index (χ1) is 13.0. The number of rotatable bonds is 5. The van der Waals surface area contributed by atoms with Gasteiger partial charge in [-0.15, -0.1) is 0 Å². The van der Waals surface area contributed by atoms with Crippen molar-refractivity contribution in [3.63, 3.8) is 0 Å². The van der Waals surface area contributed by atoms with Gasteiger partial charge in [-0.1, -0.05) is 12.1 Å². The molecule has 0 spiro atoms. The molecule has 1 aromatic heterocycles. The number of para-hydroxylation sites is 1. The molecule has 0 saturated heterocycles. The molecule has 1 heterocycles. The standard InChI is InChI=1S/C18H14N4O5/c1-11-3-2-4-15(22(25)26)17(11)21-16(23)10-27-18(24)12-5-6-13-14(9-12)20-8-7-19-13/h2-9H,10H2,1H3,(H,21,23). The van der Waals surface area contributed by atoms with Gasteiger partial charge in [0.05, 0.1) is 21.5 Å². The van der Waals surface area contributed by atoms with Crippen LogP contribution in [0.25, 0.3) is 11.0 Å². The first-order valence-electron chi connectivity index (χ1n) is 7.87. The molecule has 0 aliphatic heterocycles. The summed E-state index contributed by atoms with van der Waals surface area (Å²) in [5.74, 6) is -1.39. The third-order valence-electron chi connectivity index (χ3n) is 3.75. The zero-order valence-corrected chi connectivity index (χ0v) is 14.2. The van der Waals surface area contributed by atoms with Gasteiger partial charge in [-0.05, 0) is 30.7 Å². The highest BCUT2D eigenvalue weighted by atomic mass is 16.6. The second kappa shape index (κ2) is 7.56. The van der Waals surface area contributed by atoms with Crippen LogP contribution in [-0.4, -0.2) is 33.4 Å². The van der Waals surface area contributed by atoms with Crippen molar-refractivity contribution in [3.8, 4) is 0 Å². The Balaban J connectivity index is 1.67. The summed E-state index contributed by atoms with van der Waals surface area (Å²) in [4.78, 5) is 42.9. The molecule has 1 amide bonds. The monoisotopic (exact) mass is 366 g/mol. The summed E-state index contributed by atoms with van der Waals surface area (Å²) in [6, 6.07) is 9.08. The minimum Gasteiger partial charge on any atom is -0.452 e. The van der Waals surface area contributed by atoms with Gasteiger partial charge in [-0.3, -0.25) is 24.9 Å². The number of ether oxygens (including phenoxy) is 1. The number of nitrogens with zero attached hydrogens (tertiary/aromatic N) is 3. The summed E-state index contributed by atoms with van der Waals surface area (Å²) >= 11 is 0. The molecule has 2 aromatic carbocycles. The Morgan fingerprint density at radius 2 is 1.89 bits per heavy atom. The van der Waals surface area contributed by atoms with Crippen LogP contribution in [0.3, 0.4) is 0 Å². The predicted molar refractivity (Wildman–Crippen MR) is 96.3 cm³/mol. The minimum absolute atomic E-state index is 0.0736. The fraction of sp³-hybridized carbons (Fsp3) is 0.111. The molecule has 0 bridgehead atoms. The highest BCUT2D eigenvalue weighted by molar-refractivity contribution is 5.98. The van der Waals surface area contributed by atoms with Crippen LogP contribution in [0.4, 0.5) is 11.4 Å². The normalized spacial score (nSPS) is 10.4. The van der Waals surface area contributed by atoms with Crippen molar-refractivity contribution in [2.24, 2.45) is 0 Å². The highest BCUT2D eigenvalue weighted by Gasteiger charge is 2.19. The number of hydrogen-bond acceptors (Lipinski definition) is 7. The molecule has 9 heteroatoms. The summed E-state index contributed by atoms with van der Waals surface area (Å²) < 4.78 is 4.98. The van der Waals surface area contributed by atoms with Crippen molar-refractivity contribution in [1.82, 2.24) is 9.97 Å².